The number of benzene rings is 5. The van der Waals surface area contributed by atoms with Crippen LogP contribution in [0.2, 0.25) is 5.02 Å². The third-order valence-corrected chi connectivity index (χ3v) is 23.1. The summed E-state index contributed by atoms with van der Waals surface area (Å²) in [6.45, 7) is 12.0. The number of sulfone groups is 1. The van der Waals surface area contributed by atoms with Gasteiger partial charge < -0.3 is 29.7 Å². The summed E-state index contributed by atoms with van der Waals surface area (Å²) in [4.78, 5) is 63.5. The molecule has 4 amide bonds. The molecule has 3 N–H and O–H groups in total. The van der Waals surface area contributed by atoms with Crippen LogP contribution < -0.4 is 25.2 Å². The van der Waals surface area contributed by atoms with E-state index in [1.807, 2.05) is 59.3 Å². The Morgan fingerprint density at radius 2 is 1.52 bits per heavy atom. The number of halogens is 4. The number of anilines is 3. The number of piperidine rings is 1. The van der Waals surface area contributed by atoms with Crippen molar-refractivity contribution < 1.29 is 53.9 Å². The minimum absolute atomic E-state index is 0.0214. The number of allylic oxidation sites excluding steroid dienone is 1. The van der Waals surface area contributed by atoms with E-state index in [1.54, 1.807) is 17.0 Å². The highest BCUT2D eigenvalue weighted by atomic mass is 35.5. The van der Waals surface area contributed by atoms with Crippen molar-refractivity contribution in [1.82, 2.24) is 29.6 Å². The van der Waals surface area contributed by atoms with E-state index in [0.29, 0.717) is 93.6 Å². The van der Waals surface area contributed by atoms with E-state index in [0.717, 1.165) is 112 Å². The quantitative estimate of drug-likeness (QED) is 0.0495. The summed E-state index contributed by atoms with van der Waals surface area (Å²) in [6.07, 6.45) is 5.18. The van der Waals surface area contributed by atoms with Gasteiger partial charge in [-0.1, -0.05) is 47.5 Å². The van der Waals surface area contributed by atoms with Gasteiger partial charge in [-0.25, -0.2) is 21.6 Å². The number of fused-ring (bicyclic) bond motifs is 1. The van der Waals surface area contributed by atoms with Crippen molar-refractivity contribution in [3.8, 4) is 0 Å². The molecule has 25 heteroatoms. The molecule has 478 valence electrons. The number of nitrogens with zero attached hydrogens (tertiary/aromatic N) is 6. The molecule has 3 atom stereocenters. The summed E-state index contributed by atoms with van der Waals surface area (Å²) in [5, 5.41) is 6.08. The third kappa shape index (κ3) is 14.2. The van der Waals surface area contributed by atoms with Crippen molar-refractivity contribution >= 4 is 89.5 Å². The van der Waals surface area contributed by atoms with Crippen molar-refractivity contribution in [2.24, 2.45) is 11.3 Å². The molecule has 5 aromatic rings. The predicted octanol–water partition coefficient (Wildman–Crippen LogP) is 8.40. The number of amides is 4. The Hall–Kier alpha value is -6.51. The molecule has 0 aromatic heterocycles. The summed E-state index contributed by atoms with van der Waals surface area (Å²) in [6, 6.07) is 31.2. The fraction of sp³-hybridized carbons (Fsp3) is 0.446. The predicted molar refractivity (Wildman–Crippen MR) is 340 cm³/mol. The molecular weight excluding hydrogens is 1240 g/mol. The number of carbonyl (C=O) groups is 4. The highest BCUT2D eigenvalue weighted by Gasteiger charge is 2.49. The normalized spacial score (nSPS) is 22.0. The summed E-state index contributed by atoms with van der Waals surface area (Å²) < 4.78 is 104. The minimum Gasteiger partial charge on any atom is -0.380 e. The smallest absolute Gasteiger partial charge is 0.380 e. The number of hydrogen-bond donors (Lipinski definition) is 3. The first-order chi connectivity index (χ1) is 43.2. The first kappa shape index (κ1) is 63.6. The van der Waals surface area contributed by atoms with Crippen LogP contribution in [0, 0.1) is 11.3 Å². The van der Waals surface area contributed by atoms with Gasteiger partial charge in [-0.05, 0) is 152 Å². The number of thioether (sulfide) groups is 1. The Labute approximate surface area is 532 Å². The maximum absolute atomic E-state index is 14.3. The Balaban J connectivity index is 0.652. The van der Waals surface area contributed by atoms with Gasteiger partial charge in [0.05, 0.1) is 23.8 Å². The van der Waals surface area contributed by atoms with Crippen molar-refractivity contribution in [3.05, 3.63) is 148 Å². The zero-order valence-corrected chi connectivity index (χ0v) is 53.0. The molecule has 1 aliphatic carbocycles. The molecule has 5 fully saturated rings. The van der Waals surface area contributed by atoms with E-state index in [4.69, 9.17) is 16.3 Å². The van der Waals surface area contributed by atoms with Crippen molar-refractivity contribution in [1.29, 1.82) is 0 Å². The monoisotopic (exact) mass is 1310 g/mol. The molecule has 0 bridgehead atoms. The molecule has 18 nitrogen and oxygen atoms in total. The summed E-state index contributed by atoms with van der Waals surface area (Å²) >= 11 is 7.83. The molecule has 6 aliphatic heterocycles. The summed E-state index contributed by atoms with van der Waals surface area (Å²) in [7, 11) is -11.0. The maximum Gasteiger partial charge on any atom is 0.501 e. The van der Waals surface area contributed by atoms with Crippen LogP contribution in [0.1, 0.15) is 76.8 Å². The number of likely N-dealkylation sites (tertiary alicyclic amines) is 1. The van der Waals surface area contributed by atoms with Crippen LogP contribution >= 0.6 is 23.4 Å². The largest absolute Gasteiger partial charge is 0.501 e. The van der Waals surface area contributed by atoms with Crippen LogP contribution in [0.5, 0.6) is 0 Å². The number of carbonyl (C=O) groups excluding carboxylic acids is 4. The van der Waals surface area contributed by atoms with Crippen LogP contribution in [-0.2, 0) is 40.7 Å². The molecule has 0 radical (unpaired) electrons. The molecule has 90 heavy (non-hydrogen) atoms. The number of hydrogen-bond acceptors (Lipinski definition) is 16. The topological polar surface area (TPSA) is 201 Å². The van der Waals surface area contributed by atoms with Gasteiger partial charge in [0.15, 0.2) is 0 Å². The van der Waals surface area contributed by atoms with Crippen LogP contribution in [0.15, 0.2) is 136 Å². The van der Waals surface area contributed by atoms with Gasteiger partial charge in [0.1, 0.15) is 10.9 Å². The highest BCUT2D eigenvalue weighted by Crippen LogP contribution is 2.49. The summed E-state index contributed by atoms with van der Waals surface area (Å²) in [5.74, 6) is -1.06. The molecule has 5 aromatic carbocycles. The van der Waals surface area contributed by atoms with Crippen LogP contribution in [0.25, 0.3) is 5.57 Å². The number of alkyl halides is 3. The molecule has 0 saturated carbocycles. The van der Waals surface area contributed by atoms with E-state index in [2.05, 4.69) is 53.3 Å². The zero-order valence-electron chi connectivity index (χ0n) is 49.8. The fourth-order valence-electron chi connectivity index (χ4n) is 13.8. The second-order valence-electron chi connectivity index (χ2n) is 24.8. The zero-order chi connectivity index (χ0) is 63.0. The van der Waals surface area contributed by atoms with Crippen molar-refractivity contribution in [2.75, 3.05) is 119 Å². The van der Waals surface area contributed by atoms with Gasteiger partial charge in [0.2, 0.25) is 11.8 Å². The molecule has 6 heterocycles. The second kappa shape index (κ2) is 26.6. The van der Waals surface area contributed by atoms with E-state index in [9.17, 15) is 49.2 Å². The number of rotatable bonds is 20. The molecule has 5 saturated heterocycles. The average Bonchev–Trinajstić information content (AvgIpc) is 1.47. The lowest BCUT2D eigenvalue weighted by molar-refractivity contribution is -0.136. The molecular formula is C65H73ClF3N9O9S3. The van der Waals surface area contributed by atoms with E-state index in [-0.39, 0.29) is 29.2 Å². The Morgan fingerprint density at radius 3 is 2.24 bits per heavy atom. The van der Waals surface area contributed by atoms with Crippen LogP contribution in [0.4, 0.5) is 30.2 Å². The molecule has 7 aliphatic rings. The van der Waals surface area contributed by atoms with Gasteiger partial charge in [0.25, 0.3) is 31.7 Å². The average molecular weight is 1310 g/mol. The van der Waals surface area contributed by atoms with Gasteiger partial charge >= 0.3 is 5.51 Å². The second-order valence-corrected chi connectivity index (χ2v) is 29.9. The number of ether oxygens (including phenoxy) is 1. The van der Waals surface area contributed by atoms with Crippen molar-refractivity contribution in [3.63, 3.8) is 0 Å². The first-order valence-electron chi connectivity index (χ1n) is 30.7. The lowest BCUT2D eigenvalue weighted by Gasteiger charge is -2.43. The number of piperazine rings is 1. The van der Waals surface area contributed by atoms with Crippen LogP contribution in [-0.4, -0.2) is 182 Å². The Kier molecular flexibility index (Phi) is 18.8. The fourth-order valence-corrected chi connectivity index (χ4v) is 17.0. The molecule has 12 rings (SSSR count). The standard InChI is InChI=1S/C65H73ClF3N9O9S3/c66-49-10-6-45(7-11-49)55-20-22-64(23-25-75(43-64)37-44-38-77(39-44)52-14-16-56-47(34-52)41-78(63(56)82)58-18-19-60(79)71-62(58)81)36-48(55)40-74-26-28-76(29-27-74)51-12-8-46(9-13-51)61(80)72-90(85,86)54-15-17-57(59(35-54)89(83,84)65(67,68)69)70-50(21-24-73-30-32-87-33-31-73)42-88-53-4-2-1-3-5-53/h1-17,34-35,44,50,58,70H,18-33,36-43H2,(H,72,80)(H,71,79,81)/t50-,58?,64?/m1/s1. The minimum atomic E-state index is -6.09. The Bertz CT molecular complexity index is 3770. The summed E-state index contributed by atoms with van der Waals surface area (Å²) in [5.41, 5.74) is 1.42. The number of nitrogens with one attached hydrogen (secondary N) is 3. The lowest BCUT2D eigenvalue weighted by atomic mass is 9.69. The van der Waals surface area contributed by atoms with Crippen LogP contribution in [0.3, 0.4) is 0 Å². The van der Waals surface area contributed by atoms with Gasteiger partial charge in [-0.15, -0.1) is 11.8 Å². The molecule has 2 unspecified atom stereocenters. The maximum atomic E-state index is 14.3. The third-order valence-electron chi connectivity index (χ3n) is 18.8. The van der Waals surface area contributed by atoms with Crippen molar-refractivity contribution in [2.45, 2.75) is 83.8 Å². The van der Waals surface area contributed by atoms with Gasteiger partial charge in [0, 0.05) is 142 Å². The number of morpholine rings is 1. The Morgan fingerprint density at radius 1 is 0.789 bits per heavy atom. The lowest BCUT2D eigenvalue weighted by Crippen LogP contribution is -2.52. The number of sulfonamides is 1. The molecule has 1 spiro atoms. The van der Waals surface area contributed by atoms with E-state index >= 15 is 0 Å². The van der Waals surface area contributed by atoms with E-state index < -0.39 is 64.7 Å². The SMILES string of the molecule is O=C1CCC(N2Cc3cc(N4CC(CN5CCC6(CCC(c7ccc(Cl)cc7)=C(CN7CCN(c8ccc(C(=O)NS(=O)(=O)c9ccc(N[C@H](CCN%10CCOCC%10)CSc%10ccccc%10)c(S(=O)(=O)C(F)(F)F)c9)cc8)CC7)C6)C5)C4)ccc3C2=O)C(=O)N1. The first-order valence-corrected chi connectivity index (χ1v) is 35.1. The highest BCUT2D eigenvalue weighted by molar-refractivity contribution is 7.99. The van der Waals surface area contributed by atoms with E-state index in [1.165, 1.54) is 40.6 Å². The van der Waals surface area contributed by atoms with Gasteiger partial charge in [-0.2, -0.15) is 13.2 Å². The number of imide groups is 1. The van der Waals surface area contributed by atoms with Gasteiger partial charge in [-0.3, -0.25) is 34.3 Å².